The SMILES string of the molecule is CCOCCN1CCC(C)(O)CC1. The first-order valence-corrected chi connectivity index (χ1v) is 5.16. The van der Waals surface area contributed by atoms with Crippen LogP contribution in [0, 0.1) is 0 Å². The van der Waals surface area contributed by atoms with Crippen molar-refractivity contribution in [2.24, 2.45) is 0 Å². The van der Waals surface area contributed by atoms with Crippen LogP contribution in [-0.4, -0.2) is 48.5 Å². The van der Waals surface area contributed by atoms with E-state index in [1.54, 1.807) is 0 Å². The van der Waals surface area contributed by atoms with Crippen molar-refractivity contribution in [2.75, 3.05) is 32.8 Å². The van der Waals surface area contributed by atoms with Crippen molar-refractivity contribution >= 4 is 0 Å². The Balaban J connectivity index is 2.11. The summed E-state index contributed by atoms with van der Waals surface area (Å²) in [6.45, 7) is 8.56. The first-order chi connectivity index (χ1) is 6.14. The molecule has 0 unspecified atom stereocenters. The van der Waals surface area contributed by atoms with Crippen LogP contribution in [0.15, 0.2) is 0 Å². The molecule has 0 radical (unpaired) electrons. The number of aliphatic hydroxyl groups is 1. The molecule has 0 saturated carbocycles. The standard InChI is InChI=1S/C10H21NO2/c1-3-13-9-8-11-6-4-10(2,12)5-7-11/h12H,3-9H2,1-2H3. The zero-order valence-electron chi connectivity index (χ0n) is 8.75. The van der Waals surface area contributed by atoms with Crippen LogP contribution in [0.2, 0.25) is 0 Å². The van der Waals surface area contributed by atoms with Crippen LogP contribution in [0.5, 0.6) is 0 Å². The lowest BCUT2D eigenvalue weighted by Crippen LogP contribution is -2.43. The summed E-state index contributed by atoms with van der Waals surface area (Å²) in [6.07, 6.45) is 1.78. The summed E-state index contributed by atoms with van der Waals surface area (Å²) in [6, 6.07) is 0. The van der Waals surface area contributed by atoms with Crippen molar-refractivity contribution in [3.05, 3.63) is 0 Å². The second kappa shape index (κ2) is 4.94. The second-order valence-corrected chi connectivity index (χ2v) is 4.04. The average molecular weight is 187 g/mol. The molecule has 0 atom stereocenters. The average Bonchev–Trinajstić information content (AvgIpc) is 2.08. The van der Waals surface area contributed by atoms with Crippen LogP contribution in [0.4, 0.5) is 0 Å². The fraction of sp³-hybridized carbons (Fsp3) is 1.00. The highest BCUT2D eigenvalue weighted by Gasteiger charge is 2.26. The number of hydrogen-bond donors (Lipinski definition) is 1. The molecule has 3 nitrogen and oxygen atoms in total. The van der Waals surface area contributed by atoms with Gasteiger partial charge in [0.25, 0.3) is 0 Å². The van der Waals surface area contributed by atoms with Gasteiger partial charge in [-0.05, 0) is 26.7 Å². The van der Waals surface area contributed by atoms with Gasteiger partial charge in [0.1, 0.15) is 0 Å². The fourth-order valence-corrected chi connectivity index (χ4v) is 1.60. The van der Waals surface area contributed by atoms with E-state index in [4.69, 9.17) is 4.74 Å². The molecule has 1 aliphatic heterocycles. The molecular weight excluding hydrogens is 166 g/mol. The van der Waals surface area contributed by atoms with E-state index in [0.717, 1.165) is 45.7 Å². The number of likely N-dealkylation sites (tertiary alicyclic amines) is 1. The summed E-state index contributed by atoms with van der Waals surface area (Å²) in [5, 5.41) is 9.71. The molecule has 1 aliphatic rings. The summed E-state index contributed by atoms with van der Waals surface area (Å²) in [5.41, 5.74) is -0.428. The van der Waals surface area contributed by atoms with E-state index in [1.165, 1.54) is 0 Å². The summed E-state index contributed by atoms with van der Waals surface area (Å²) in [5.74, 6) is 0. The van der Waals surface area contributed by atoms with E-state index < -0.39 is 5.60 Å². The molecule has 0 bridgehead atoms. The van der Waals surface area contributed by atoms with Gasteiger partial charge in [-0.2, -0.15) is 0 Å². The van der Waals surface area contributed by atoms with Crippen LogP contribution in [0.25, 0.3) is 0 Å². The molecule has 13 heavy (non-hydrogen) atoms. The van der Waals surface area contributed by atoms with Crippen molar-refractivity contribution in [1.82, 2.24) is 4.90 Å². The van der Waals surface area contributed by atoms with Gasteiger partial charge in [0.2, 0.25) is 0 Å². The maximum atomic E-state index is 9.71. The normalized spacial score (nSPS) is 23.3. The fourth-order valence-electron chi connectivity index (χ4n) is 1.60. The largest absolute Gasteiger partial charge is 0.390 e. The van der Waals surface area contributed by atoms with Crippen LogP contribution in [0.3, 0.4) is 0 Å². The molecule has 78 valence electrons. The first kappa shape index (κ1) is 11.0. The Bertz CT molecular complexity index is 138. The third-order valence-electron chi connectivity index (χ3n) is 2.69. The van der Waals surface area contributed by atoms with E-state index in [2.05, 4.69) is 4.90 Å². The van der Waals surface area contributed by atoms with Crippen molar-refractivity contribution in [3.63, 3.8) is 0 Å². The third-order valence-corrected chi connectivity index (χ3v) is 2.69. The minimum atomic E-state index is -0.428. The number of ether oxygens (including phenoxy) is 1. The van der Waals surface area contributed by atoms with Crippen LogP contribution in [-0.2, 0) is 4.74 Å². The number of piperidine rings is 1. The maximum absolute atomic E-state index is 9.71. The monoisotopic (exact) mass is 187 g/mol. The molecule has 0 spiro atoms. The lowest BCUT2D eigenvalue weighted by Gasteiger charge is -2.35. The molecule has 0 aromatic carbocycles. The zero-order valence-corrected chi connectivity index (χ0v) is 8.75. The van der Waals surface area contributed by atoms with Gasteiger partial charge in [0, 0.05) is 26.2 Å². The second-order valence-electron chi connectivity index (χ2n) is 4.04. The molecule has 0 aromatic heterocycles. The summed E-state index contributed by atoms with van der Waals surface area (Å²) in [4.78, 5) is 2.35. The van der Waals surface area contributed by atoms with Gasteiger partial charge in [-0.3, -0.25) is 0 Å². The van der Waals surface area contributed by atoms with Gasteiger partial charge >= 0.3 is 0 Å². The Morgan fingerprint density at radius 3 is 2.54 bits per heavy atom. The highest BCUT2D eigenvalue weighted by molar-refractivity contribution is 4.81. The first-order valence-electron chi connectivity index (χ1n) is 5.16. The predicted octanol–water partition coefficient (Wildman–Crippen LogP) is 0.870. The molecular formula is C10H21NO2. The van der Waals surface area contributed by atoms with E-state index in [-0.39, 0.29) is 0 Å². The Morgan fingerprint density at radius 1 is 1.38 bits per heavy atom. The van der Waals surface area contributed by atoms with Gasteiger partial charge in [0.05, 0.1) is 12.2 Å². The smallest absolute Gasteiger partial charge is 0.0644 e. The Hall–Kier alpha value is -0.120. The van der Waals surface area contributed by atoms with E-state index in [0.29, 0.717) is 0 Å². The lowest BCUT2D eigenvalue weighted by molar-refractivity contribution is -0.0117. The van der Waals surface area contributed by atoms with Crippen molar-refractivity contribution in [1.29, 1.82) is 0 Å². The topological polar surface area (TPSA) is 32.7 Å². The number of rotatable bonds is 4. The predicted molar refractivity (Wildman–Crippen MR) is 52.8 cm³/mol. The van der Waals surface area contributed by atoms with Crippen LogP contribution >= 0.6 is 0 Å². The van der Waals surface area contributed by atoms with Gasteiger partial charge < -0.3 is 14.7 Å². The van der Waals surface area contributed by atoms with Crippen LogP contribution < -0.4 is 0 Å². The minimum absolute atomic E-state index is 0.428. The molecule has 0 amide bonds. The van der Waals surface area contributed by atoms with E-state index in [1.807, 2.05) is 13.8 Å². The van der Waals surface area contributed by atoms with Crippen molar-refractivity contribution in [2.45, 2.75) is 32.3 Å². The number of nitrogens with zero attached hydrogens (tertiary/aromatic N) is 1. The summed E-state index contributed by atoms with van der Waals surface area (Å²) < 4.78 is 5.28. The Labute approximate surface area is 80.7 Å². The van der Waals surface area contributed by atoms with Crippen molar-refractivity contribution in [3.8, 4) is 0 Å². The molecule has 0 aliphatic carbocycles. The van der Waals surface area contributed by atoms with Gasteiger partial charge in [-0.1, -0.05) is 0 Å². The quantitative estimate of drug-likeness (QED) is 0.663. The highest BCUT2D eigenvalue weighted by atomic mass is 16.5. The van der Waals surface area contributed by atoms with Crippen LogP contribution in [0.1, 0.15) is 26.7 Å². The minimum Gasteiger partial charge on any atom is -0.390 e. The van der Waals surface area contributed by atoms with Crippen molar-refractivity contribution < 1.29 is 9.84 Å². The van der Waals surface area contributed by atoms with Gasteiger partial charge in [-0.25, -0.2) is 0 Å². The molecule has 1 saturated heterocycles. The Morgan fingerprint density at radius 2 is 2.00 bits per heavy atom. The van der Waals surface area contributed by atoms with Gasteiger partial charge in [-0.15, -0.1) is 0 Å². The van der Waals surface area contributed by atoms with E-state index >= 15 is 0 Å². The lowest BCUT2D eigenvalue weighted by atomic mass is 9.94. The third kappa shape index (κ3) is 4.07. The Kier molecular flexibility index (Phi) is 4.16. The molecule has 1 heterocycles. The highest BCUT2D eigenvalue weighted by Crippen LogP contribution is 2.20. The summed E-state index contributed by atoms with van der Waals surface area (Å²) in [7, 11) is 0. The molecule has 3 heteroatoms. The molecule has 1 fully saturated rings. The number of hydrogen-bond acceptors (Lipinski definition) is 3. The maximum Gasteiger partial charge on any atom is 0.0644 e. The zero-order chi connectivity index (χ0) is 9.73. The van der Waals surface area contributed by atoms with Gasteiger partial charge in [0.15, 0.2) is 0 Å². The summed E-state index contributed by atoms with van der Waals surface area (Å²) >= 11 is 0. The molecule has 0 aromatic rings. The molecule has 1 N–H and O–H groups in total. The molecule has 1 rings (SSSR count). The van der Waals surface area contributed by atoms with E-state index in [9.17, 15) is 5.11 Å².